The number of halogens is 1. The Morgan fingerprint density at radius 3 is 2.45 bits per heavy atom. The third-order valence-electron chi connectivity index (χ3n) is 5.31. The molecule has 0 saturated heterocycles. The highest BCUT2D eigenvalue weighted by Crippen LogP contribution is 2.22. The van der Waals surface area contributed by atoms with Crippen molar-refractivity contribution in [1.82, 2.24) is 9.78 Å². The van der Waals surface area contributed by atoms with Crippen LogP contribution in [-0.2, 0) is 27.5 Å². The van der Waals surface area contributed by atoms with Gasteiger partial charge >= 0.3 is 0 Å². The molecule has 0 saturated carbocycles. The molecule has 1 unspecified atom stereocenters. The molecule has 0 N–H and O–H groups in total. The summed E-state index contributed by atoms with van der Waals surface area (Å²) in [6, 6.07) is 17.1. The van der Waals surface area contributed by atoms with Gasteiger partial charge in [0.25, 0.3) is 0 Å². The molecule has 1 atom stereocenters. The van der Waals surface area contributed by atoms with Crippen molar-refractivity contribution in [3.8, 4) is 5.69 Å². The first kappa shape index (κ1) is 23.2. The van der Waals surface area contributed by atoms with Gasteiger partial charge in [0.05, 0.1) is 17.1 Å². The van der Waals surface area contributed by atoms with E-state index in [0.717, 1.165) is 28.2 Å². The van der Waals surface area contributed by atoms with Crippen LogP contribution in [0.1, 0.15) is 41.8 Å². The molecular weight excluding hydrogens is 432 g/mol. The summed E-state index contributed by atoms with van der Waals surface area (Å²) in [7, 11) is -2.99. The van der Waals surface area contributed by atoms with E-state index >= 15 is 0 Å². The smallest absolute Gasteiger partial charge is 0.147 e. The first-order valence-electron chi connectivity index (χ1n) is 10.2. The fraction of sp³-hybridized carbons (Fsp3) is 0.333. The molecule has 0 radical (unpaired) electrons. The highest BCUT2D eigenvalue weighted by atomic mass is 35.5. The molecular formula is C24H27ClN2O3S. The number of Topliss-reactive ketones (excluding diaryl/α,β-unsaturated/α-hetero) is 1. The fourth-order valence-corrected chi connectivity index (χ4v) is 4.28. The van der Waals surface area contributed by atoms with Crippen LogP contribution in [0.2, 0.25) is 5.02 Å². The van der Waals surface area contributed by atoms with Gasteiger partial charge in [0.1, 0.15) is 15.6 Å². The second-order valence-electron chi connectivity index (χ2n) is 7.98. The number of aromatic nitrogens is 2. The minimum atomic E-state index is -2.99. The molecule has 0 aliphatic rings. The van der Waals surface area contributed by atoms with Gasteiger partial charge in [-0.05, 0) is 55.2 Å². The van der Waals surface area contributed by atoms with Gasteiger partial charge in [0.2, 0.25) is 0 Å². The fourth-order valence-electron chi connectivity index (χ4n) is 3.49. The van der Waals surface area contributed by atoms with Crippen LogP contribution in [0.15, 0.2) is 54.6 Å². The molecule has 31 heavy (non-hydrogen) atoms. The minimum absolute atomic E-state index is 0.126. The first-order valence-corrected chi connectivity index (χ1v) is 12.7. The van der Waals surface area contributed by atoms with Crippen LogP contribution in [0.25, 0.3) is 5.69 Å². The highest BCUT2D eigenvalue weighted by molar-refractivity contribution is 7.90. The summed E-state index contributed by atoms with van der Waals surface area (Å²) in [4.78, 5) is 12.8. The van der Waals surface area contributed by atoms with Gasteiger partial charge < -0.3 is 0 Å². The summed E-state index contributed by atoms with van der Waals surface area (Å²) in [5.74, 6) is 0.0496. The van der Waals surface area contributed by atoms with Gasteiger partial charge in [-0.25, -0.2) is 13.1 Å². The lowest BCUT2D eigenvalue weighted by molar-refractivity contribution is -0.120. The Bertz CT molecular complexity index is 1170. The number of carbonyl (C=O) groups excluding carboxylic acids is 1. The number of ketones is 1. The maximum absolute atomic E-state index is 12.8. The third-order valence-corrected chi connectivity index (χ3v) is 6.49. The molecule has 164 valence electrons. The Balaban J connectivity index is 1.65. The van der Waals surface area contributed by atoms with Crippen molar-refractivity contribution >= 4 is 27.2 Å². The molecule has 3 rings (SSSR count). The number of sulfone groups is 1. The van der Waals surface area contributed by atoms with E-state index in [1.54, 1.807) is 0 Å². The van der Waals surface area contributed by atoms with E-state index in [1.165, 1.54) is 6.26 Å². The van der Waals surface area contributed by atoms with E-state index in [-0.39, 0.29) is 17.5 Å². The summed E-state index contributed by atoms with van der Waals surface area (Å²) in [6.45, 7) is 3.84. The molecule has 0 aliphatic heterocycles. The lowest BCUT2D eigenvalue weighted by Gasteiger charge is -2.13. The summed E-state index contributed by atoms with van der Waals surface area (Å²) in [6.07, 6.45) is 2.71. The van der Waals surface area contributed by atoms with Crippen molar-refractivity contribution in [3.05, 3.63) is 82.1 Å². The molecule has 0 amide bonds. The van der Waals surface area contributed by atoms with E-state index in [2.05, 4.69) is 5.10 Å². The van der Waals surface area contributed by atoms with Gasteiger partial charge in [0.15, 0.2) is 0 Å². The van der Waals surface area contributed by atoms with Gasteiger partial charge in [-0.3, -0.25) is 4.79 Å². The third kappa shape index (κ3) is 6.52. The predicted octanol–water partition coefficient (Wildman–Crippen LogP) is 4.73. The number of hydrogen-bond acceptors (Lipinski definition) is 4. The zero-order valence-corrected chi connectivity index (χ0v) is 19.6. The maximum atomic E-state index is 12.8. The zero-order chi connectivity index (χ0) is 22.6. The largest absolute Gasteiger partial charge is 0.299 e. The van der Waals surface area contributed by atoms with Crippen LogP contribution in [-0.4, -0.2) is 36.0 Å². The monoisotopic (exact) mass is 458 g/mol. The molecule has 7 heteroatoms. The van der Waals surface area contributed by atoms with Crippen LogP contribution < -0.4 is 0 Å². The molecule has 1 heterocycles. The number of aryl methyl sites for hydroxylation is 3. The summed E-state index contributed by atoms with van der Waals surface area (Å²) < 4.78 is 24.5. The van der Waals surface area contributed by atoms with Crippen LogP contribution >= 0.6 is 11.6 Å². The SMILES string of the molecule is Cc1cc(CCC(=O)C(C)c2ccc(CCS(C)(=O)=O)cc2)n(-c2cccc(Cl)c2)n1. The Morgan fingerprint density at radius 1 is 1.10 bits per heavy atom. The number of rotatable bonds is 9. The molecule has 0 fully saturated rings. The molecule has 3 aromatic rings. The minimum Gasteiger partial charge on any atom is -0.299 e. The number of benzene rings is 2. The van der Waals surface area contributed by atoms with Crippen molar-refractivity contribution in [1.29, 1.82) is 0 Å². The van der Waals surface area contributed by atoms with Gasteiger partial charge in [-0.2, -0.15) is 5.10 Å². The van der Waals surface area contributed by atoms with Gasteiger partial charge in [-0.15, -0.1) is 0 Å². The second-order valence-corrected chi connectivity index (χ2v) is 10.7. The first-order chi connectivity index (χ1) is 14.6. The molecule has 5 nitrogen and oxygen atoms in total. The standard InChI is InChI=1S/C24H27ClN2O3S/c1-17-15-23(27(26-17)22-6-4-5-21(25)16-22)11-12-24(28)18(2)20-9-7-19(8-10-20)13-14-31(3,29)30/h4-10,15-16,18H,11-14H2,1-3H3. The van der Waals surface area contributed by atoms with E-state index in [4.69, 9.17) is 11.6 Å². The average molecular weight is 459 g/mol. The normalized spacial score (nSPS) is 12.6. The quantitative estimate of drug-likeness (QED) is 0.465. The van der Waals surface area contributed by atoms with Crippen molar-refractivity contribution in [2.45, 2.75) is 39.0 Å². The Kier molecular flexibility index (Phi) is 7.34. The Labute approximate surface area is 189 Å². The second kappa shape index (κ2) is 9.79. The van der Waals surface area contributed by atoms with E-state index in [0.29, 0.717) is 24.3 Å². The topological polar surface area (TPSA) is 69.0 Å². The molecule has 0 aliphatic carbocycles. The van der Waals surface area contributed by atoms with Crippen molar-refractivity contribution in [2.24, 2.45) is 0 Å². The zero-order valence-electron chi connectivity index (χ0n) is 18.0. The average Bonchev–Trinajstić information content (AvgIpc) is 3.10. The maximum Gasteiger partial charge on any atom is 0.147 e. The van der Waals surface area contributed by atoms with Crippen LogP contribution in [0.4, 0.5) is 0 Å². The summed E-state index contributed by atoms with van der Waals surface area (Å²) in [5, 5.41) is 5.19. The summed E-state index contributed by atoms with van der Waals surface area (Å²) >= 11 is 6.12. The number of nitrogens with zero attached hydrogens (tertiary/aromatic N) is 2. The number of hydrogen-bond donors (Lipinski definition) is 0. The lowest BCUT2D eigenvalue weighted by Crippen LogP contribution is -2.12. The van der Waals surface area contributed by atoms with Crippen LogP contribution in [0.3, 0.4) is 0 Å². The van der Waals surface area contributed by atoms with Crippen molar-refractivity contribution in [2.75, 3.05) is 12.0 Å². The summed E-state index contributed by atoms with van der Waals surface area (Å²) in [5.41, 5.74) is 4.62. The molecule has 0 bridgehead atoms. The van der Waals surface area contributed by atoms with Crippen molar-refractivity contribution in [3.63, 3.8) is 0 Å². The Hall–Kier alpha value is -2.44. The van der Waals surface area contributed by atoms with E-state index in [9.17, 15) is 13.2 Å². The Morgan fingerprint density at radius 2 is 1.81 bits per heavy atom. The predicted molar refractivity (Wildman–Crippen MR) is 125 cm³/mol. The molecule has 1 aromatic heterocycles. The highest BCUT2D eigenvalue weighted by Gasteiger charge is 2.17. The molecule has 2 aromatic carbocycles. The molecule has 0 spiro atoms. The van der Waals surface area contributed by atoms with Crippen LogP contribution in [0, 0.1) is 6.92 Å². The van der Waals surface area contributed by atoms with Crippen LogP contribution in [0.5, 0.6) is 0 Å². The van der Waals surface area contributed by atoms with Gasteiger partial charge in [0, 0.05) is 29.3 Å². The van der Waals surface area contributed by atoms with E-state index < -0.39 is 9.84 Å². The number of carbonyl (C=O) groups is 1. The van der Waals surface area contributed by atoms with Crippen molar-refractivity contribution < 1.29 is 13.2 Å². The van der Waals surface area contributed by atoms with E-state index in [1.807, 2.05) is 73.1 Å². The lowest BCUT2D eigenvalue weighted by atomic mass is 9.93. The van der Waals surface area contributed by atoms with Gasteiger partial charge in [-0.1, -0.05) is 48.9 Å².